The molecule has 0 amide bonds. The second kappa shape index (κ2) is 24.7. The molecule has 4 N–H and O–H groups in total. The molecule has 0 aromatic heterocycles. The molecule has 0 saturated carbocycles. The molecule has 0 saturated heterocycles. The monoisotopic (exact) mass is 701 g/mol. The molecular weight excluding hydrogens is 629 g/mol. The summed E-state index contributed by atoms with van der Waals surface area (Å²) in [5.74, 6) is 0. The summed E-state index contributed by atoms with van der Waals surface area (Å²) in [5, 5.41) is 0. The highest BCUT2D eigenvalue weighted by molar-refractivity contribution is 5.47. The Kier molecular flexibility index (Phi) is 19.6. The zero-order valence-corrected chi connectivity index (χ0v) is 33.2. The summed E-state index contributed by atoms with van der Waals surface area (Å²) < 4.78 is 0. The minimum absolute atomic E-state index is 0.868. The van der Waals surface area contributed by atoms with Crippen LogP contribution >= 0.6 is 0 Å². The van der Waals surface area contributed by atoms with Gasteiger partial charge in [-0.15, -0.1) is 0 Å². The van der Waals surface area contributed by atoms with Crippen molar-refractivity contribution in [3.8, 4) is 0 Å². The predicted octanol–water partition coefficient (Wildman–Crippen LogP) is 14.0. The minimum atomic E-state index is 0.868. The number of unbranched alkanes of at least 4 members (excludes halogenated alkanes) is 17. The van der Waals surface area contributed by atoms with Crippen LogP contribution in [0.5, 0.6) is 0 Å². The lowest BCUT2D eigenvalue weighted by Crippen LogP contribution is -1.97. The fourth-order valence-corrected chi connectivity index (χ4v) is 7.87. The molecule has 0 bridgehead atoms. The van der Waals surface area contributed by atoms with Gasteiger partial charge in [-0.05, 0) is 120 Å². The van der Waals surface area contributed by atoms with Crippen LogP contribution in [-0.4, -0.2) is 0 Å². The van der Waals surface area contributed by atoms with Gasteiger partial charge in [0.1, 0.15) is 0 Å². The van der Waals surface area contributed by atoms with Gasteiger partial charge < -0.3 is 11.5 Å². The van der Waals surface area contributed by atoms with Gasteiger partial charge in [-0.2, -0.15) is 0 Å². The summed E-state index contributed by atoms with van der Waals surface area (Å²) in [6, 6.07) is 31.4. The molecule has 0 heterocycles. The van der Waals surface area contributed by atoms with Crippen molar-refractivity contribution in [3.05, 3.63) is 129 Å². The maximum Gasteiger partial charge on any atom is 0.0316 e. The molecule has 0 aliphatic carbocycles. The van der Waals surface area contributed by atoms with Gasteiger partial charge in [0.15, 0.2) is 0 Å². The SMILES string of the molecule is CCc1cc(N)ccc1Cc1ccc(CCCCCCCCCCCCCCCCCCCCc2ccc(Cc3ccc(N)cc3CC)cc2)cc1. The van der Waals surface area contributed by atoms with Crippen molar-refractivity contribution in [2.45, 2.75) is 168 Å². The van der Waals surface area contributed by atoms with Gasteiger partial charge in [-0.25, -0.2) is 0 Å². The molecule has 4 aromatic rings. The molecule has 282 valence electrons. The molecule has 52 heavy (non-hydrogen) atoms. The number of aryl methyl sites for hydroxylation is 4. The van der Waals surface area contributed by atoms with E-state index in [0.29, 0.717) is 0 Å². The first-order valence-electron chi connectivity index (χ1n) is 21.4. The highest BCUT2D eigenvalue weighted by atomic mass is 14.5. The van der Waals surface area contributed by atoms with Gasteiger partial charge in [0, 0.05) is 11.4 Å². The molecule has 0 aliphatic rings. The molecule has 2 heteroatoms. The fourth-order valence-electron chi connectivity index (χ4n) is 7.87. The Labute approximate surface area is 319 Å². The van der Waals surface area contributed by atoms with Crippen LogP contribution in [0.1, 0.15) is 174 Å². The second-order valence-corrected chi connectivity index (χ2v) is 15.6. The van der Waals surface area contributed by atoms with E-state index in [1.807, 2.05) is 12.1 Å². The molecule has 0 fully saturated rings. The zero-order valence-electron chi connectivity index (χ0n) is 33.2. The number of rotatable bonds is 27. The van der Waals surface area contributed by atoms with E-state index >= 15 is 0 Å². The predicted molar refractivity (Wildman–Crippen MR) is 229 cm³/mol. The van der Waals surface area contributed by atoms with Crippen molar-refractivity contribution in [1.29, 1.82) is 0 Å². The van der Waals surface area contributed by atoms with Crippen LogP contribution in [0.15, 0.2) is 84.9 Å². The highest BCUT2D eigenvalue weighted by Crippen LogP contribution is 2.22. The van der Waals surface area contributed by atoms with E-state index in [9.17, 15) is 0 Å². The second-order valence-electron chi connectivity index (χ2n) is 15.6. The van der Waals surface area contributed by atoms with E-state index in [0.717, 1.165) is 37.1 Å². The maximum atomic E-state index is 5.98. The molecule has 0 spiro atoms. The van der Waals surface area contributed by atoms with Gasteiger partial charge in [-0.1, -0.05) is 177 Å². The number of benzene rings is 4. The first-order chi connectivity index (χ1) is 25.5. The first kappa shape index (κ1) is 41.2. The summed E-state index contributed by atoms with van der Waals surface area (Å²) in [7, 11) is 0. The Morgan fingerprint density at radius 3 is 0.865 bits per heavy atom. The zero-order chi connectivity index (χ0) is 36.6. The van der Waals surface area contributed by atoms with Crippen LogP contribution in [0.25, 0.3) is 0 Å². The van der Waals surface area contributed by atoms with Crippen molar-refractivity contribution >= 4 is 11.4 Å². The topological polar surface area (TPSA) is 52.0 Å². The lowest BCUT2D eigenvalue weighted by Gasteiger charge is -2.10. The van der Waals surface area contributed by atoms with Crippen molar-refractivity contribution in [2.24, 2.45) is 0 Å². The first-order valence-corrected chi connectivity index (χ1v) is 21.4. The van der Waals surface area contributed by atoms with Crippen LogP contribution < -0.4 is 11.5 Å². The average molecular weight is 701 g/mol. The van der Waals surface area contributed by atoms with Crippen LogP contribution in [-0.2, 0) is 38.5 Å². The third-order valence-corrected chi connectivity index (χ3v) is 11.2. The third kappa shape index (κ3) is 16.0. The quantitative estimate of drug-likeness (QED) is 0.0480. The molecule has 0 aliphatic heterocycles. The van der Waals surface area contributed by atoms with Crippen molar-refractivity contribution in [3.63, 3.8) is 0 Å². The van der Waals surface area contributed by atoms with Gasteiger partial charge in [-0.3, -0.25) is 0 Å². The fraction of sp³-hybridized carbons (Fsp3) is 0.520. The van der Waals surface area contributed by atoms with Gasteiger partial charge in [0.25, 0.3) is 0 Å². The lowest BCUT2D eigenvalue weighted by molar-refractivity contribution is 0.524. The number of nitrogens with two attached hydrogens (primary N) is 2. The Hall–Kier alpha value is -3.52. The molecule has 4 rings (SSSR count). The third-order valence-electron chi connectivity index (χ3n) is 11.2. The van der Waals surface area contributed by atoms with E-state index in [-0.39, 0.29) is 0 Å². The summed E-state index contributed by atoms with van der Waals surface area (Å²) >= 11 is 0. The molecule has 0 radical (unpaired) electrons. The molecule has 0 unspecified atom stereocenters. The van der Waals surface area contributed by atoms with Crippen molar-refractivity contribution in [1.82, 2.24) is 0 Å². The number of hydrogen-bond acceptors (Lipinski definition) is 2. The summed E-state index contributed by atoms with van der Waals surface area (Å²) in [4.78, 5) is 0. The van der Waals surface area contributed by atoms with Gasteiger partial charge in [0.05, 0.1) is 0 Å². The Morgan fingerprint density at radius 1 is 0.308 bits per heavy atom. The highest BCUT2D eigenvalue weighted by Gasteiger charge is 2.06. The largest absolute Gasteiger partial charge is 0.399 e. The molecular formula is C50H72N2. The Bertz CT molecular complexity index is 1400. The number of anilines is 2. The van der Waals surface area contributed by atoms with Crippen molar-refractivity contribution in [2.75, 3.05) is 11.5 Å². The summed E-state index contributed by atoms with van der Waals surface area (Å²) in [6.07, 6.45) is 31.9. The summed E-state index contributed by atoms with van der Waals surface area (Å²) in [5.41, 5.74) is 25.0. The average Bonchev–Trinajstić information content (AvgIpc) is 3.16. The van der Waals surface area contributed by atoms with Gasteiger partial charge in [0.2, 0.25) is 0 Å². The van der Waals surface area contributed by atoms with E-state index in [2.05, 4.69) is 86.6 Å². The van der Waals surface area contributed by atoms with E-state index in [1.165, 1.54) is 173 Å². The van der Waals surface area contributed by atoms with E-state index in [4.69, 9.17) is 11.5 Å². The molecule has 2 nitrogen and oxygen atoms in total. The molecule has 4 aromatic carbocycles. The van der Waals surface area contributed by atoms with E-state index < -0.39 is 0 Å². The summed E-state index contributed by atoms with van der Waals surface area (Å²) in [6.45, 7) is 4.42. The van der Waals surface area contributed by atoms with Gasteiger partial charge >= 0.3 is 0 Å². The normalized spacial score (nSPS) is 11.3. The smallest absolute Gasteiger partial charge is 0.0316 e. The minimum Gasteiger partial charge on any atom is -0.399 e. The van der Waals surface area contributed by atoms with Crippen LogP contribution in [0.3, 0.4) is 0 Å². The Balaban J connectivity index is 0.881. The van der Waals surface area contributed by atoms with Crippen LogP contribution in [0.2, 0.25) is 0 Å². The Morgan fingerprint density at radius 2 is 0.577 bits per heavy atom. The standard InChI is InChI=1S/C50H72N2/c1-3-45-39-49(51)35-33-47(45)37-43-29-25-41(26-30-43)23-21-19-17-15-13-11-9-7-5-6-8-10-12-14-16-18-20-22-24-42-27-31-44(32-28-42)38-48-34-36-50(52)40-46(48)4-2/h25-36,39-40H,3-24,37-38,51-52H2,1-2H3. The lowest BCUT2D eigenvalue weighted by atomic mass is 9.96. The number of hydrogen-bond donors (Lipinski definition) is 2. The van der Waals surface area contributed by atoms with E-state index in [1.54, 1.807) is 0 Å². The molecule has 0 atom stereocenters. The van der Waals surface area contributed by atoms with Crippen LogP contribution in [0.4, 0.5) is 11.4 Å². The van der Waals surface area contributed by atoms with Crippen molar-refractivity contribution < 1.29 is 0 Å². The van der Waals surface area contributed by atoms with Crippen LogP contribution in [0, 0.1) is 0 Å². The number of nitrogen functional groups attached to an aromatic ring is 2. The maximum absolute atomic E-state index is 5.98.